The molecule has 0 aliphatic rings. The van der Waals surface area contributed by atoms with Crippen molar-refractivity contribution in [2.24, 2.45) is 0 Å². The van der Waals surface area contributed by atoms with Crippen LogP contribution in [0.5, 0.6) is 0 Å². The van der Waals surface area contributed by atoms with Crippen LogP contribution < -0.4 is 0 Å². The Kier molecular flexibility index (Phi) is 4.33. The molecule has 0 unspecified atom stereocenters. The van der Waals surface area contributed by atoms with Crippen LogP contribution in [-0.4, -0.2) is 4.98 Å². The highest BCUT2D eigenvalue weighted by atomic mass is 35.5. The molecule has 0 fully saturated rings. The first-order chi connectivity index (χ1) is 8.79. The number of hydrogen-bond acceptors (Lipinski definition) is 2. The van der Waals surface area contributed by atoms with Gasteiger partial charge in [-0.2, -0.15) is 5.26 Å². The Morgan fingerprint density at radius 1 is 1.28 bits per heavy atom. The van der Waals surface area contributed by atoms with E-state index in [0.717, 1.165) is 29.0 Å². The largest absolute Gasteiger partial charge is 0.264 e. The number of benzene rings is 1. The molecule has 0 N–H and O–H groups in total. The van der Waals surface area contributed by atoms with Gasteiger partial charge in [-0.3, -0.25) is 4.98 Å². The third-order valence-corrected chi connectivity index (χ3v) is 3.09. The molecule has 0 aliphatic carbocycles. The normalized spacial score (nSPS) is 11.8. The van der Waals surface area contributed by atoms with Gasteiger partial charge < -0.3 is 0 Å². The standard InChI is InChI=1S/C15H13ClN2/c16-15-5-1-3-12(9-15)6-7-13(10-17)14-4-2-8-18-11-14/h1-5,8-9,11,13H,6-7H2/t13-/m0/s1. The molecular formula is C15H13ClN2. The summed E-state index contributed by atoms with van der Waals surface area (Å²) in [6, 6.07) is 13.9. The Balaban J connectivity index is 2.03. The smallest absolute Gasteiger partial charge is 0.0730 e. The molecule has 2 aromatic rings. The monoisotopic (exact) mass is 256 g/mol. The number of nitrogens with zero attached hydrogens (tertiary/aromatic N) is 2. The first-order valence-corrected chi connectivity index (χ1v) is 6.21. The van der Waals surface area contributed by atoms with Gasteiger partial charge in [0.2, 0.25) is 0 Å². The van der Waals surface area contributed by atoms with E-state index in [1.165, 1.54) is 0 Å². The zero-order valence-corrected chi connectivity index (χ0v) is 10.6. The van der Waals surface area contributed by atoms with Crippen molar-refractivity contribution in [2.75, 3.05) is 0 Å². The van der Waals surface area contributed by atoms with Gasteiger partial charge in [-0.1, -0.05) is 29.8 Å². The molecule has 90 valence electrons. The Morgan fingerprint density at radius 3 is 2.83 bits per heavy atom. The SMILES string of the molecule is N#C[C@H](CCc1cccc(Cl)c1)c1cccnc1. The van der Waals surface area contributed by atoms with Crippen LogP contribution in [0.1, 0.15) is 23.5 Å². The van der Waals surface area contributed by atoms with Gasteiger partial charge in [-0.15, -0.1) is 0 Å². The van der Waals surface area contributed by atoms with E-state index in [0.29, 0.717) is 0 Å². The molecule has 0 saturated carbocycles. The van der Waals surface area contributed by atoms with Crippen molar-refractivity contribution in [2.45, 2.75) is 18.8 Å². The van der Waals surface area contributed by atoms with Crippen molar-refractivity contribution in [1.82, 2.24) is 4.98 Å². The summed E-state index contributed by atoms with van der Waals surface area (Å²) in [6.45, 7) is 0. The molecule has 18 heavy (non-hydrogen) atoms. The lowest BCUT2D eigenvalue weighted by Crippen LogP contribution is -1.98. The van der Waals surface area contributed by atoms with E-state index in [9.17, 15) is 5.26 Å². The lowest BCUT2D eigenvalue weighted by molar-refractivity contribution is 0.743. The second kappa shape index (κ2) is 6.18. The summed E-state index contributed by atoms with van der Waals surface area (Å²) in [5.74, 6) is -0.113. The topological polar surface area (TPSA) is 36.7 Å². The minimum absolute atomic E-state index is 0.113. The van der Waals surface area contributed by atoms with Gasteiger partial charge in [0.25, 0.3) is 0 Å². The van der Waals surface area contributed by atoms with Gasteiger partial charge in [0.1, 0.15) is 0 Å². The molecule has 1 aromatic heterocycles. The summed E-state index contributed by atoms with van der Waals surface area (Å²) in [6.07, 6.45) is 5.09. The molecular weight excluding hydrogens is 244 g/mol. The number of pyridine rings is 1. The van der Waals surface area contributed by atoms with E-state index in [4.69, 9.17) is 11.6 Å². The summed E-state index contributed by atoms with van der Waals surface area (Å²) < 4.78 is 0. The van der Waals surface area contributed by atoms with Crippen LogP contribution in [0.2, 0.25) is 5.02 Å². The molecule has 3 heteroatoms. The Labute approximate surface area is 112 Å². The fourth-order valence-corrected chi connectivity index (χ4v) is 2.10. The molecule has 0 aliphatic heterocycles. The number of halogens is 1. The molecule has 0 radical (unpaired) electrons. The van der Waals surface area contributed by atoms with Crippen LogP contribution in [0, 0.1) is 11.3 Å². The number of aromatic nitrogens is 1. The summed E-state index contributed by atoms with van der Waals surface area (Å²) in [7, 11) is 0. The molecule has 0 spiro atoms. The van der Waals surface area contributed by atoms with E-state index < -0.39 is 0 Å². The fraction of sp³-hybridized carbons (Fsp3) is 0.200. The molecule has 1 aromatic carbocycles. The first kappa shape index (κ1) is 12.6. The molecule has 2 rings (SSSR count). The Bertz CT molecular complexity index is 546. The molecule has 0 bridgehead atoms. The van der Waals surface area contributed by atoms with Crippen LogP contribution in [-0.2, 0) is 6.42 Å². The van der Waals surface area contributed by atoms with Gasteiger partial charge in [0.15, 0.2) is 0 Å². The van der Waals surface area contributed by atoms with Crippen LogP contribution >= 0.6 is 11.6 Å². The maximum absolute atomic E-state index is 9.21. The quantitative estimate of drug-likeness (QED) is 0.830. The Hall–Kier alpha value is -1.85. The number of aryl methyl sites for hydroxylation is 1. The van der Waals surface area contributed by atoms with Gasteiger partial charge in [-0.25, -0.2) is 0 Å². The predicted octanol–water partition coefficient (Wildman–Crippen LogP) is 3.97. The molecule has 1 atom stereocenters. The van der Waals surface area contributed by atoms with E-state index in [-0.39, 0.29) is 5.92 Å². The lowest BCUT2D eigenvalue weighted by Gasteiger charge is -2.08. The van der Waals surface area contributed by atoms with Crippen LogP contribution in [0.3, 0.4) is 0 Å². The highest BCUT2D eigenvalue weighted by Gasteiger charge is 2.10. The molecule has 1 heterocycles. The van der Waals surface area contributed by atoms with Crippen molar-refractivity contribution in [3.8, 4) is 6.07 Å². The number of hydrogen-bond donors (Lipinski definition) is 0. The minimum atomic E-state index is -0.113. The van der Waals surface area contributed by atoms with Crippen molar-refractivity contribution in [3.63, 3.8) is 0 Å². The second-order valence-corrected chi connectivity index (χ2v) is 4.57. The van der Waals surface area contributed by atoms with E-state index in [1.807, 2.05) is 36.4 Å². The average Bonchev–Trinajstić information content (AvgIpc) is 2.41. The van der Waals surface area contributed by atoms with Crippen LogP contribution in [0.15, 0.2) is 48.8 Å². The summed E-state index contributed by atoms with van der Waals surface area (Å²) in [5.41, 5.74) is 2.13. The van der Waals surface area contributed by atoms with Gasteiger partial charge in [0.05, 0.1) is 12.0 Å². The highest BCUT2D eigenvalue weighted by molar-refractivity contribution is 6.30. The third-order valence-electron chi connectivity index (χ3n) is 2.85. The zero-order chi connectivity index (χ0) is 12.8. The van der Waals surface area contributed by atoms with E-state index >= 15 is 0 Å². The van der Waals surface area contributed by atoms with E-state index in [1.54, 1.807) is 12.4 Å². The van der Waals surface area contributed by atoms with Gasteiger partial charge in [0, 0.05) is 17.4 Å². The fourth-order valence-electron chi connectivity index (χ4n) is 1.89. The third kappa shape index (κ3) is 3.32. The van der Waals surface area contributed by atoms with Crippen LogP contribution in [0.25, 0.3) is 0 Å². The average molecular weight is 257 g/mol. The number of nitriles is 1. The zero-order valence-electron chi connectivity index (χ0n) is 9.88. The predicted molar refractivity (Wildman–Crippen MR) is 72.4 cm³/mol. The van der Waals surface area contributed by atoms with Gasteiger partial charge >= 0.3 is 0 Å². The van der Waals surface area contributed by atoms with Crippen molar-refractivity contribution < 1.29 is 0 Å². The summed E-state index contributed by atoms with van der Waals surface area (Å²) in [5, 5.41) is 9.95. The van der Waals surface area contributed by atoms with Crippen molar-refractivity contribution in [1.29, 1.82) is 5.26 Å². The van der Waals surface area contributed by atoms with Gasteiger partial charge in [-0.05, 0) is 42.2 Å². The maximum atomic E-state index is 9.21. The highest BCUT2D eigenvalue weighted by Crippen LogP contribution is 2.21. The number of rotatable bonds is 4. The molecule has 0 amide bonds. The molecule has 0 saturated heterocycles. The van der Waals surface area contributed by atoms with Crippen LogP contribution in [0.4, 0.5) is 0 Å². The second-order valence-electron chi connectivity index (χ2n) is 4.14. The van der Waals surface area contributed by atoms with Crippen molar-refractivity contribution >= 4 is 11.6 Å². The maximum Gasteiger partial charge on any atom is 0.0730 e. The summed E-state index contributed by atoms with van der Waals surface area (Å²) >= 11 is 5.94. The molecule has 2 nitrogen and oxygen atoms in total. The summed E-state index contributed by atoms with van der Waals surface area (Å²) in [4.78, 5) is 4.05. The lowest BCUT2D eigenvalue weighted by atomic mass is 9.95. The first-order valence-electron chi connectivity index (χ1n) is 5.83. The van der Waals surface area contributed by atoms with E-state index in [2.05, 4.69) is 11.1 Å². The Morgan fingerprint density at radius 2 is 2.17 bits per heavy atom. The minimum Gasteiger partial charge on any atom is -0.264 e. The van der Waals surface area contributed by atoms with Crippen molar-refractivity contribution in [3.05, 3.63) is 64.9 Å².